The molecule has 0 aliphatic carbocycles. The van der Waals surface area contributed by atoms with E-state index in [2.05, 4.69) is 5.32 Å². The molecule has 1 amide bonds. The molecule has 1 aromatic carbocycles. The molecule has 6 heteroatoms. The largest absolute Gasteiger partial charge is 0.323 e. The summed E-state index contributed by atoms with van der Waals surface area (Å²) in [6, 6.07) is 6.29. The lowest BCUT2D eigenvalue weighted by molar-refractivity contribution is -0.111. The predicted molar refractivity (Wildman–Crippen MR) is 82.5 cm³/mol. The summed E-state index contributed by atoms with van der Waals surface area (Å²) in [5, 5.41) is 2.67. The summed E-state index contributed by atoms with van der Waals surface area (Å²) in [6.45, 7) is 2.93. The molecule has 0 aromatic heterocycles. The lowest BCUT2D eigenvalue weighted by atomic mass is 10.2. The van der Waals surface area contributed by atoms with Gasteiger partial charge in [-0.15, -0.1) is 0 Å². The highest BCUT2D eigenvalue weighted by Gasteiger charge is 2.25. The Balaban J connectivity index is 2.12. The molecule has 0 radical (unpaired) electrons. The minimum atomic E-state index is -3.41. The number of piperidine rings is 1. The number of nitrogens with one attached hydrogen (secondary N) is 1. The van der Waals surface area contributed by atoms with E-state index >= 15 is 0 Å². The van der Waals surface area contributed by atoms with Crippen molar-refractivity contribution in [1.29, 1.82) is 0 Å². The number of rotatable bonds is 4. The summed E-state index contributed by atoms with van der Waals surface area (Å²) in [7, 11) is -3.41. The number of anilines is 1. The van der Waals surface area contributed by atoms with Crippen LogP contribution >= 0.6 is 0 Å². The summed E-state index contributed by atoms with van der Waals surface area (Å²) in [5.41, 5.74) is 0.579. The quantitative estimate of drug-likeness (QED) is 0.868. The van der Waals surface area contributed by atoms with Gasteiger partial charge in [0.25, 0.3) is 0 Å². The van der Waals surface area contributed by atoms with Gasteiger partial charge < -0.3 is 5.32 Å². The van der Waals surface area contributed by atoms with E-state index in [-0.39, 0.29) is 10.8 Å². The Bertz CT molecular complexity index is 615. The fraction of sp³-hybridized carbons (Fsp3) is 0.400. The van der Waals surface area contributed by atoms with Crippen LogP contribution in [0.5, 0.6) is 0 Å². The van der Waals surface area contributed by atoms with Crippen LogP contribution in [0, 0.1) is 0 Å². The highest BCUT2D eigenvalue weighted by atomic mass is 32.2. The van der Waals surface area contributed by atoms with Crippen molar-refractivity contribution in [2.24, 2.45) is 0 Å². The van der Waals surface area contributed by atoms with Crippen molar-refractivity contribution in [1.82, 2.24) is 4.31 Å². The van der Waals surface area contributed by atoms with Crippen LogP contribution in [0.1, 0.15) is 26.2 Å². The van der Waals surface area contributed by atoms with Crippen LogP contribution in [0.2, 0.25) is 0 Å². The SMILES string of the molecule is C/C=C/C(=O)Nc1ccc(S(=O)(=O)N2CCCCC2)cc1. The van der Waals surface area contributed by atoms with E-state index in [4.69, 9.17) is 0 Å². The Hall–Kier alpha value is -1.66. The lowest BCUT2D eigenvalue weighted by Gasteiger charge is -2.25. The molecule has 0 spiro atoms. The van der Waals surface area contributed by atoms with Gasteiger partial charge in [-0.05, 0) is 50.1 Å². The molecule has 114 valence electrons. The summed E-state index contributed by atoms with van der Waals surface area (Å²) in [6.07, 6.45) is 5.97. The van der Waals surface area contributed by atoms with Crippen LogP contribution in [-0.2, 0) is 14.8 Å². The van der Waals surface area contributed by atoms with Crippen LogP contribution in [0.4, 0.5) is 5.69 Å². The maximum absolute atomic E-state index is 12.5. The van der Waals surface area contributed by atoms with Gasteiger partial charge in [-0.2, -0.15) is 4.31 Å². The van der Waals surface area contributed by atoms with Crippen molar-refractivity contribution in [3.8, 4) is 0 Å². The van der Waals surface area contributed by atoms with Gasteiger partial charge in [0.1, 0.15) is 0 Å². The second-order valence-electron chi connectivity index (χ2n) is 4.98. The zero-order chi connectivity index (χ0) is 15.3. The van der Waals surface area contributed by atoms with E-state index in [9.17, 15) is 13.2 Å². The zero-order valence-electron chi connectivity index (χ0n) is 12.1. The molecule has 2 rings (SSSR count). The number of hydrogen-bond acceptors (Lipinski definition) is 3. The number of carbonyl (C=O) groups excluding carboxylic acids is 1. The Labute approximate surface area is 125 Å². The first kappa shape index (κ1) is 15.7. The fourth-order valence-electron chi connectivity index (χ4n) is 2.30. The Morgan fingerprint density at radius 2 is 1.76 bits per heavy atom. The smallest absolute Gasteiger partial charge is 0.248 e. The minimum absolute atomic E-state index is 0.232. The Morgan fingerprint density at radius 1 is 1.14 bits per heavy atom. The maximum atomic E-state index is 12.5. The standard InChI is InChI=1S/C15H20N2O3S/c1-2-6-15(18)16-13-7-9-14(10-8-13)21(19,20)17-11-4-3-5-12-17/h2,6-10H,3-5,11-12H2,1H3,(H,16,18)/b6-2+. The van der Waals surface area contributed by atoms with Gasteiger partial charge in [-0.3, -0.25) is 4.79 Å². The molecule has 1 N–H and O–H groups in total. The average molecular weight is 308 g/mol. The van der Waals surface area contributed by atoms with E-state index in [1.54, 1.807) is 25.1 Å². The number of amides is 1. The summed E-state index contributed by atoms with van der Waals surface area (Å²) in [4.78, 5) is 11.7. The molecule has 21 heavy (non-hydrogen) atoms. The highest BCUT2D eigenvalue weighted by molar-refractivity contribution is 7.89. The van der Waals surface area contributed by atoms with Crippen molar-refractivity contribution in [2.75, 3.05) is 18.4 Å². The molecule has 0 saturated carbocycles. The monoisotopic (exact) mass is 308 g/mol. The molecule has 1 aliphatic rings. The number of allylic oxidation sites excluding steroid dienone is 1. The Morgan fingerprint density at radius 3 is 2.33 bits per heavy atom. The molecule has 0 unspecified atom stereocenters. The van der Waals surface area contributed by atoms with Gasteiger partial charge in [0.2, 0.25) is 15.9 Å². The summed E-state index contributed by atoms with van der Waals surface area (Å²) >= 11 is 0. The zero-order valence-corrected chi connectivity index (χ0v) is 12.9. The molecular formula is C15H20N2O3S. The normalized spacial score (nSPS) is 17.0. The molecule has 1 saturated heterocycles. The molecular weight excluding hydrogens is 288 g/mol. The molecule has 1 fully saturated rings. The van der Waals surface area contributed by atoms with Crippen LogP contribution < -0.4 is 5.32 Å². The van der Waals surface area contributed by atoms with Gasteiger partial charge in [0.05, 0.1) is 4.90 Å². The molecule has 1 heterocycles. The van der Waals surface area contributed by atoms with Gasteiger partial charge in [-0.1, -0.05) is 12.5 Å². The van der Waals surface area contributed by atoms with E-state index in [1.807, 2.05) is 0 Å². The molecule has 1 aliphatic heterocycles. The van der Waals surface area contributed by atoms with Crippen molar-refractivity contribution in [3.63, 3.8) is 0 Å². The number of hydrogen-bond donors (Lipinski definition) is 1. The second kappa shape index (κ2) is 6.87. The Kier molecular flexibility index (Phi) is 5.14. The predicted octanol–water partition coefficient (Wildman–Crippen LogP) is 2.38. The lowest BCUT2D eigenvalue weighted by Crippen LogP contribution is -2.35. The van der Waals surface area contributed by atoms with Crippen molar-refractivity contribution >= 4 is 21.6 Å². The first-order chi connectivity index (χ1) is 10.0. The van der Waals surface area contributed by atoms with Crippen LogP contribution in [0.15, 0.2) is 41.3 Å². The number of benzene rings is 1. The number of sulfonamides is 1. The van der Waals surface area contributed by atoms with Gasteiger partial charge in [0, 0.05) is 18.8 Å². The van der Waals surface area contributed by atoms with Crippen molar-refractivity contribution < 1.29 is 13.2 Å². The molecule has 0 atom stereocenters. The van der Waals surface area contributed by atoms with Crippen LogP contribution in [-0.4, -0.2) is 31.7 Å². The minimum Gasteiger partial charge on any atom is -0.323 e. The molecule has 0 bridgehead atoms. The highest BCUT2D eigenvalue weighted by Crippen LogP contribution is 2.21. The summed E-state index contributed by atoms with van der Waals surface area (Å²) in [5.74, 6) is -0.232. The fourth-order valence-corrected chi connectivity index (χ4v) is 3.82. The third-order valence-corrected chi connectivity index (χ3v) is 5.31. The summed E-state index contributed by atoms with van der Waals surface area (Å²) < 4.78 is 26.4. The van der Waals surface area contributed by atoms with E-state index in [1.165, 1.54) is 22.5 Å². The van der Waals surface area contributed by atoms with Crippen LogP contribution in [0.3, 0.4) is 0 Å². The maximum Gasteiger partial charge on any atom is 0.248 e. The van der Waals surface area contributed by atoms with E-state index < -0.39 is 10.0 Å². The van der Waals surface area contributed by atoms with Crippen molar-refractivity contribution in [2.45, 2.75) is 31.1 Å². The third-order valence-electron chi connectivity index (χ3n) is 3.39. The van der Waals surface area contributed by atoms with Gasteiger partial charge >= 0.3 is 0 Å². The van der Waals surface area contributed by atoms with E-state index in [0.29, 0.717) is 18.8 Å². The average Bonchev–Trinajstić information content (AvgIpc) is 2.49. The van der Waals surface area contributed by atoms with Crippen molar-refractivity contribution in [3.05, 3.63) is 36.4 Å². The second-order valence-corrected chi connectivity index (χ2v) is 6.92. The van der Waals surface area contributed by atoms with Gasteiger partial charge in [-0.25, -0.2) is 8.42 Å². The topological polar surface area (TPSA) is 66.5 Å². The van der Waals surface area contributed by atoms with Crippen LogP contribution in [0.25, 0.3) is 0 Å². The molecule has 1 aromatic rings. The molecule has 5 nitrogen and oxygen atoms in total. The third kappa shape index (κ3) is 3.92. The van der Waals surface area contributed by atoms with Gasteiger partial charge in [0.15, 0.2) is 0 Å². The first-order valence-electron chi connectivity index (χ1n) is 7.08. The number of nitrogens with zero attached hydrogens (tertiary/aromatic N) is 1. The van der Waals surface area contributed by atoms with E-state index in [0.717, 1.165) is 19.3 Å². The number of carbonyl (C=O) groups is 1. The first-order valence-corrected chi connectivity index (χ1v) is 8.52.